The molecule has 190 valence electrons. The molecule has 5 rings (SSSR count). The van der Waals surface area contributed by atoms with Gasteiger partial charge in [-0.3, -0.25) is 9.59 Å². The highest BCUT2D eigenvalue weighted by Gasteiger charge is 2.28. The van der Waals surface area contributed by atoms with Gasteiger partial charge in [-0.1, -0.05) is 60.7 Å². The zero-order chi connectivity index (χ0) is 25.8. The Balaban J connectivity index is 1.47. The van der Waals surface area contributed by atoms with Gasteiger partial charge in [0.05, 0.1) is 23.0 Å². The molecule has 1 N–H and O–H groups in total. The second-order valence-corrected chi connectivity index (χ2v) is 9.62. The fourth-order valence-electron chi connectivity index (χ4n) is 5.21. The first-order valence-electron chi connectivity index (χ1n) is 12.7. The first-order chi connectivity index (χ1) is 18.0. The van der Waals surface area contributed by atoms with Gasteiger partial charge in [0, 0.05) is 38.9 Å². The SMILES string of the molecule is COCc1nc2cc(NC(=O)Cc3ccccc3)cc(C(=O)N3CCCC(c4ccccc4)C3)c2n1C. The van der Waals surface area contributed by atoms with E-state index in [0.717, 1.165) is 29.7 Å². The van der Waals surface area contributed by atoms with E-state index in [1.54, 1.807) is 13.2 Å². The second kappa shape index (κ2) is 11.0. The van der Waals surface area contributed by atoms with Crippen molar-refractivity contribution in [1.29, 1.82) is 0 Å². The molecule has 0 bridgehead atoms. The molecule has 0 saturated carbocycles. The number of aromatic nitrogens is 2. The van der Waals surface area contributed by atoms with Crippen molar-refractivity contribution in [3.8, 4) is 0 Å². The highest BCUT2D eigenvalue weighted by atomic mass is 16.5. The van der Waals surface area contributed by atoms with Crippen molar-refractivity contribution in [1.82, 2.24) is 14.5 Å². The fraction of sp³-hybridized carbons (Fsp3) is 0.300. The maximum Gasteiger partial charge on any atom is 0.256 e. The van der Waals surface area contributed by atoms with Gasteiger partial charge >= 0.3 is 0 Å². The monoisotopic (exact) mass is 496 g/mol. The Hall–Kier alpha value is -3.97. The van der Waals surface area contributed by atoms with Crippen molar-refractivity contribution >= 4 is 28.5 Å². The molecule has 1 fully saturated rings. The Labute approximate surface area is 217 Å². The summed E-state index contributed by atoms with van der Waals surface area (Å²) in [4.78, 5) is 33.5. The van der Waals surface area contributed by atoms with E-state index in [0.29, 0.717) is 42.4 Å². The van der Waals surface area contributed by atoms with Gasteiger partial charge in [-0.2, -0.15) is 0 Å². The van der Waals surface area contributed by atoms with Gasteiger partial charge < -0.3 is 19.5 Å². The summed E-state index contributed by atoms with van der Waals surface area (Å²) >= 11 is 0. The molecule has 2 amide bonds. The molecule has 37 heavy (non-hydrogen) atoms. The van der Waals surface area contributed by atoms with Crippen molar-refractivity contribution in [2.75, 3.05) is 25.5 Å². The Kier molecular flexibility index (Phi) is 7.32. The highest BCUT2D eigenvalue weighted by molar-refractivity contribution is 6.08. The van der Waals surface area contributed by atoms with Crippen LogP contribution in [0.3, 0.4) is 0 Å². The predicted molar refractivity (Wildman–Crippen MR) is 145 cm³/mol. The zero-order valence-electron chi connectivity index (χ0n) is 21.3. The third-order valence-electron chi connectivity index (χ3n) is 7.04. The van der Waals surface area contributed by atoms with Gasteiger partial charge in [-0.25, -0.2) is 4.98 Å². The number of carbonyl (C=O) groups excluding carboxylic acids is 2. The van der Waals surface area contributed by atoms with E-state index in [4.69, 9.17) is 9.72 Å². The molecule has 7 heteroatoms. The van der Waals surface area contributed by atoms with Gasteiger partial charge in [0.1, 0.15) is 12.4 Å². The van der Waals surface area contributed by atoms with Crippen molar-refractivity contribution in [3.63, 3.8) is 0 Å². The number of likely N-dealkylation sites (tertiary alicyclic amines) is 1. The van der Waals surface area contributed by atoms with E-state index in [2.05, 4.69) is 17.4 Å². The number of hydrogen-bond donors (Lipinski definition) is 1. The van der Waals surface area contributed by atoms with Crippen LogP contribution in [0.5, 0.6) is 0 Å². The molecule has 1 aliphatic rings. The van der Waals surface area contributed by atoms with Crippen LogP contribution in [0.15, 0.2) is 72.8 Å². The molecule has 1 unspecified atom stereocenters. The number of fused-ring (bicyclic) bond motifs is 1. The lowest BCUT2D eigenvalue weighted by Crippen LogP contribution is -2.39. The summed E-state index contributed by atoms with van der Waals surface area (Å²) < 4.78 is 7.25. The standard InChI is InChI=1S/C30H32N4O3/c1-33-27(20-37-2)32-26-18-24(31-28(35)16-21-10-5-3-6-11-21)17-25(29(26)33)30(36)34-15-9-14-23(19-34)22-12-7-4-8-13-22/h3-8,10-13,17-18,23H,9,14-16,19-20H2,1-2H3,(H,31,35). The molecule has 1 aromatic heterocycles. The molecule has 0 spiro atoms. The second-order valence-electron chi connectivity index (χ2n) is 9.62. The lowest BCUT2D eigenvalue weighted by atomic mass is 9.90. The van der Waals surface area contributed by atoms with Gasteiger partial charge in [0.2, 0.25) is 5.91 Å². The Bertz CT molecular complexity index is 1400. The number of imidazole rings is 1. The highest BCUT2D eigenvalue weighted by Crippen LogP contribution is 2.31. The van der Waals surface area contributed by atoms with Crippen LogP contribution in [0.4, 0.5) is 5.69 Å². The molecule has 0 radical (unpaired) electrons. The molecule has 1 saturated heterocycles. The molecule has 7 nitrogen and oxygen atoms in total. The van der Waals surface area contributed by atoms with Crippen LogP contribution < -0.4 is 5.32 Å². The van der Waals surface area contributed by atoms with Crippen LogP contribution in [0.25, 0.3) is 11.0 Å². The summed E-state index contributed by atoms with van der Waals surface area (Å²) in [6.07, 6.45) is 2.26. The summed E-state index contributed by atoms with van der Waals surface area (Å²) in [5.41, 5.74) is 4.70. The van der Waals surface area contributed by atoms with Crippen LogP contribution in [0.1, 0.15) is 46.1 Å². The summed E-state index contributed by atoms with van der Waals surface area (Å²) in [6.45, 7) is 1.70. The van der Waals surface area contributed by atoms with Gasteiger partial charge in [0.15, 0.2) is 0 Å². The number of aryl methyl sites for hydroxylation is 1. The average Bonchev–Trinajstić information content (AvgIpc) is 3.24. The molecular formula is C30H32N4O3. The summed E-state index contributed by atoms with van der Waals surface area (Å²) in [7, 11) is 3.52. The summed E-state index contributed by atoms with van der Waals surface area (Å²) in [5, 5.41) is 2.99. The van der Waals surface area contributed by atoms with E-state index < -0.39 is 0 Å². The maximum absolute atomic E-state index is 14.0. The maximum atomic E-state index is 14.0. The van der Waals surface area contributed by atoms with Gasteiger partial charge in [-0.05, 0) is 36.1 Å². The summed E-state index contributed by atoms with van der Waals surface area (Å²) in [6, 6.07) is 23.6. The third kappa shape index (κ3) is 5.42. The number of anilines is 1. The predicted octanol–water partition coefficient (Wildman–Crippen LogP) is 4.92. The van der Waals surface area contributed by atoms with E-state index in [1.807, 2.05) is 71.1 Å². The number of ether oxygens (including phenoxy) is 1. The molecule has 0 aliphatic carbocycles. The van der Waals surface area contributed by atoms with Crippen LogP contribution in [-0.4, -0.2) is 46.5 Å². The van der Waals surface area contributed by atoms with Crippen molar-refractivity contribution in [2.45, 2.75) is 31.8 Å². The first kappa shape index (κ1) is 24.7. The molecule has 4 aromatic rings. The average molecular weight is 497 g/mol. The van der Waals surface area contributed by atoms with Gasteiger partial charge in [0.25, 0.3) is 5.91 Å². The van der Waals surface area contributed by atoms with Gasteiger partial charge in [-0.15, -0.1) is 0 Å². The number of nitrogens with zero attached hydrogens (tertiary/aromatic N) is 3. The minimum Gasteiger partial charge on any atom is -0.377 e. The number of hydrogen-bond acceptors (Lipinski definition) is 4. The normalized spacial score (nSPS) is 15.6. The number of piperidine rings is 1. The Morgan fingerprint density at radius 2 is 1.78 bits per heavy atom. The summed E-state index contributed by atoms with van der Waals surface area (Å²) in [5.74, 6) is 0.842. The van der Waals surface area contributed by atoms with Crippen molar-refractivity contribution in [3.05, 3.63) is 95.3 Å². The van der Waals surface area contributed by atoms with E-state index >= 15 is 0 Å². The van der Waals surface area contributed by atoms with Crippen LogP contribution in [0, 0.1) is 0 Å². The number of amides is 2. The van der Waals surface area contributed by atoms with Crippen LogP contribution in [0.2, 0.25) is 0 Å². The van der Waals surface area contributed by atoms with Crippen molar-refractivity contribution in [2.24, 2.45) is 7.05 Å². The Morgan fingerprint density at radius 1 is 1.05 bits per heavy atom. The first-order valence-corrected chi connectivity index (χ1v) is 12.7. The fourth-order valence-corrected chi connectivity index (χ4v) is 5.21. The number of rotatable bonds is 7. The lowest BCUT2D eigenvalue weighted by molar-refractivity contribution is -0.115. The molecule has 2 heterocycles. The Morgan fingerprint density at radius 3 is 2.51 bits per heavy atom. The largest absolute Gasteiger partial charge is 0.377 e. The number of nitrogens with one attached hydrogen (secondary N) is 1. The van der Waals surface area contributed by atoms with Crippen molar-refractivity contribution < 1.29 is 14.3 Å². The van der Waals surface area contributed by atoms with Crippen LogP contribution in [-0.2, 0) is 29.6 Å². The van der Waals surface area contributed by atoms with E-state index in [9.17, 15) is 9.59 Å². The molecule has 1 atom stereocenters. The number of carbonyl (C=O) groups is 2. The lowest BCUT2D eigenvalue weighted by Gasteiger charge is -2.33. The molecule has 3 aromatic carbocycles. The zero-order valence-corrected chi connectivity index (χ0v) is 21.3. The molecule has 1 aliphatic heterocycles. The quantitative estimate of drug-likeness (QED) is 0.394. The third-order valence-corrected chi connectivity index (χ3v) is 7.04. The van der Waals surface area contributed by atoms with E-state index in [-0.39, 0.29) is 18.2 Å². The minimum atomic E-state index is -0.140. The topological polar surface area (TPSA) is 76.5 Å². The van der Waals surface area contributed by atoms with Crippen LogP contribution >= 0.6 is 0 Å². The number of methoxy groups -OCH3 is 1. The smallest absolute Gasteiger partial charge is 0.256 e. The van der Waals surface area contributed by atoms with E-state index in [1.165, 1.54) is 5.56 Å². The molecular weight excluding hydrogens is 464 g/mol. The minimum absolute atomic E-state index is 0.0447. The number of benzene rings is 3.